The predicted octanol–water partition coefficient (Wildman–Crippen LogP) is 4.79. The molecule has 0 amide bonds. The van der Waals surface area contributed by atoms with Crippen LogP contribution in [-0.2, 0) is 0 Å². The van der Waals surface area contributed by atoms with Crippen molar-refractivity contribution in [2.75, 3.05) is 0 Å². The molecule has 0 saturated heterocycles. The van der Waals surface area contributed by atoms with E-state index < -0.39 is 0 Å². The van der Waals surface area contributed by atoms with E-state index in [0.717, 1.165) is 14.7 Å². The lowest BCUT2D eigenvalue weighted by Crippen LogP contribution is -1.82. The normalized spacial score (nSPS) is 9.79. The van der Waals surface area contributed by atoms with Gasteiger partial charge in [0.15, 0.2) is 5.15 Å². The Kier molecular flexibility index (Phi) is 4.57. The largest absolute Gasteiger partial charge is 0.224 e. The Bertz CT molecular complexity index is 444. The van der Waals surface area contributed by atoms with Gasteiger partial charge in [-0.3, -0.25) is 0 Å². The van der Waals surface area contributed by atoms with Crippen LogP contribution in [0.1, 0.15) is 13.8 Å². The molecule has 0 aliphatic carbocycles. The zero-order chi connectivity index (χ0) is 10.7. The van der Waals surface area contributed by atoms with E-state index in [1.807, 2.05) is 19.2 Å². The van der Waals surface area contributed by atoms with Crippen LogP contribution in [0.5, 0.6) is 0 Å². The molecule has 0 fully saturated rings. The van der Waals surface area contributed by atoms with Crippen LogP contribution in [0.15, 0.2) is 9.85 Å². The lowest BCUT2D eigenvalue weighted by atomic mass is 10.5. The number of aromatic nitrogens is 2. The third-order valence-electron chi connectivity index (χ3n) is 1.30. The van der Waals surface area contributed by atoms with Gasteiger partial charge in [0, 0.05) is 5.38 Å². The van der Waals surface area contributed by atoms with Gasteiger partial charge in [-0.15, -0.1) is 11.3 Å². The lowest BCUT2D eigenvalue weighted by molar-refractivity contribution is 1.23. The van der Waals surface area contributed by atoms with Crippen LogP contribution in [-0.4, -0.2) is 9.97 Å². The molecule has 0 N–H and O–H groups in total. The SMILES string of the molecule is CC.Clc1nc(Cl)c2scc(Br)c2n1. The van der Waals surface area contributed by atoms with E-state index in [4.69, 9.17) is 23.2 Å². The van der Waals surface area contributed by atoms with Crippen LogP contribution < -0.4 is 0 Å². The van der Waals surface area contributed by atoms with Crippen molar-refractivity contribution in [1.82, 2.24) is 9.97 Å². The number of nitrogens with zero attached hydrogens (tertiary/aromatic N) is 2. The van der Waals surface area contributed by atoms with E-state index in [2.05, 4.69) is 25.9 Å². The van der Waals surface area contributed by atoms with Crippen molar-refractivity contribution in [3.63, 3.8) is 0 Å². The summed E-state index contributed by atoms with van der Waals surface area (Å²) in [6.07, 6.45) is 0. The third-order valence-corrected chi connectivity index (χ3v) is 3.74. The highest BCUT2D eigenvalue weighted by Gasteiger charge is 2.08. The Balaban J connectivity index is 0.000000461. The molecule has 0 radical (unpaired) electrons. The molecule has 2 aromatic rings. The maximum atomic E-state index is 5.83. The van der Waals surface area contributed by atoms with Gasteiger partial charge in [-0.05, 0) is 27.5 Å². The molecule has 6 heteroatoms. The standard InChI is InChI=1S/C6HBrCl2N2S.C2H6/c7-2-1-12-4-3(2)10-6(9)11-5(4)8;1-2/h1H;1-2H3. The molecular weight excluding hydrogens is 307 g/mol. The first-order chi connectivity index (χ1) is 6.68. The minimum Gasteiger partial charge on any atom is -0.216 e. The van der Waals surface area contributed by atoms with Crippen LogP contribution >= 0.6 is 50.5 Å². The van der Waals surface area contributed by atoms with Gasteiger partial charge in [0.05, 0.1) is 9.17 Å². The molecule has 14 heavy (non-hydrogen) atoms. The summed E-state index contributed by atoms with van der Waals surface area (Å²) in [5.74, 6) is 0. The van der Waals surface area contributed by atoms with Gasteiger partial charge < -0.3 is 0 Å². The molecule has 2 rings (SSSR count). The third kappa shape index (κ3) is 2.37. The van der Waals surface area contributed by atoms with Crippen LogP contribution in [0.25, 0.3) is 10.2 Å². The van der Waals surface area contributed by atoms with E-state index in [9.17, 15) is 0 Å². The molecule has 0 spiro atoms. The predicted molar refractivity (Wildman–Crippen MR) is 66.5 cm³/mol. The Morgan fingerprint density at radius 3 is 2.57 bits per heavy atom. The van der Waals surface area contributed by atoms with Crippen molar-refractivity contribution in [3.8, 4) is 0 Å². The fourth-order valence-corrected chi connectivity index (χ4v) is 2.79. The van der Waals surface area contributed by atoms with Crippen molar-refractivity contribution in [1.29, 1.82) is 0 Å². The smallest absolute Gasteiger partial charge is 0.216 e. The van der Waals surface area contributed by atoms with Gasteiger partial charge >= 0.3 is 0 Å². The summed E-state index contributed by atoms with van der Waals surface area (Å²) in [6, 6.07) is 0. The quantitative estimate of drug-likeness (QED) is 0.516. The van der Waals surface area contributed by atoms with Gasteiger partial charge in [-0.1, -0.05) is 25.4 Å². The molecule has 2 nitrogen and oxygen atoms in total. The van der Waals surface area contributed by atoms with Crippen molar-refractivity contribution in [2.45, 2.75) is 13.8 Å². The minimum atomic E-state index is 0.173. The second-order valence-electron chi connectivity index (χ2n) is 2.04. The van der Waals surface area contributed by atoms with E-state index in [0.29, 0.717) is 5.15 Å². The summed E-state index contributed by atoms with van der Waals surface area (Å²) >= 11 is 16.3. The molecule has 0 unspecified atom stereocenters. The summed E-state index contributed by atoms with van der Waals surface area (Å²) in [7, 11) is 0. The summed E-state index contributed by atoms with van der Waals surface area (Å²) in [5.41, 5.74) is 0.769. The van der Waals surface area contributed by atoms with Crippen LogP contribution in [0, 0.1) is 0 Å². The molecule has 0 bridgehead atoms. The van der Waals surface area contributed by atoms with Crippen molar-refractivity contribution in [2.24, 2.45) is 0 Å². The molecule has 0 atom stereocenters. The zero-order valence-electron chi connectivity index (χ0n) is 7.51. The highest BCUT2D eigenvalue weighted by molar-refractivity contribution is 9.10. The minimum absolute atomic E-state index is 0.173. The van der Waals surface area contributed by atoms with Gasteiger partial charge in [0.2, 0.25) is 5.28 Å². The van der Waals surface area contributed by atoms with Crippen molar-refractivity contribution in [3.05, 3.63) is 20.3 Å². The monoisotopic (exact) mass is 312 g/mol. The molecule has 0 aromatic carbocycles. The Hall–Kier alpha value is 0.1000. The molecule has 76 valence electrons. The summed E-state index contributed by atoms with van der Waals surface area (Å²) in [6.45, 7) is 4.00. The average molecular weight is 314 g/mol. The van der Waals surface area contributed by atoms with E-state index >= 15 is 0 Å². The van der Waals surface area contributed by atoms with Crippen LogP contribution in [0.2, 0.25) is 10.4 Å². The number of hydrogen-bond acceptors (Lipinski definition) is 3. The first-order valence-corrected chi connectivity index (χ1v) is 6.37. The summed E-state index contributed by atoms with van der Waals surface area (Å²) < 4.78 is 1.75. The van der Waals surface area contributed by atoms with E-state index in [1.54, 1.807) is 0 Å². The second-order valence-corrected chi connectivity index (χ2v) is 4.47. The van der Waals surface area contributed by atoms with Gasteiger partial charge in [0.1, 0.15) is 5.52 Å². The molecule has 0 aliphatic rings. The highest BCUT2D eigenvalue weighted by atomic mass is 79.9. The maximum absolute atomic E-state index is 5.83. The fourth-order valence-electron chi connectivity index (χ4n) is 0.830. The van der Waals surface area contributed by atoms with Gasteiger partial charge in [0.25, 0.3) is 0 Å². The topological polar surface area (TPSA) is 25.8 Å². The number of hydrogen-bond donors (Lipinski definition) is 0. The van der Waals surface area contributed by atoms with E-state index in [-0.39, 0.29) is 5.28 Å². The first kappa shape index (κ1) is 12.2. The molecule has 2 heterocycles. The van der Waals surface area contributed by atoms with Crippen LogP contribution in [0.3, 0.4) is 0 Å². The van der Waals surface area contributed by atoms with Crippen molar-refractivity contribution < 1.29 is 0 Å². The van der Waals surface area contributed by atoms with Gasteiger partial charge in [-0.2, -0.15) is 0 Å². The highest BCUT2D eigenvalue weighted by Crippen LogP contribution is 2.33. The Morgan fingerprint density at radius 2 is 1.93 bits per heavy atom. The fraction of sp³-hybridized carbons (Fsp3) is 0.250. The first-order valence-electron chi connectivity index (χ1n) is 3.94. The Morgan fingerprint density at radius 1 is 1.29 bits per heavy atom. The summed E-state index contributed by atoms with van der Waals surface area (Å²) in [5, 5.41) is 2.48. The number of fused-ring (bicyclic) bond motifs is 1. The van der Waals surface area contributed by atoms with E-state index in [1.165, 1.54) is 11.3 Å². The molecular formula is C8H7BrCl2N2S. The molecule has 0 saturated carbocycles. The van der Waals surface area contributed by atoms with Crippen LogP contribution in [0.4, 0.5) is 0 Å². The number of rotatable bonds is 0. The zero-order valence-corrected chi connectivity index (χ0v) is 11.4. The average Bonchev–Trinajstić information content (AvgIpc) is 2.52. The van der Waals surface area contributed by atoms with Gasteiger partial charge in [-0.25, -0.2) is 9.97 Å². The Labute approximate surface area is 104 Å². The lowest BCUT2D eigenvalue weighted by Gasteiger charge is -1.93. The number of halogens is 3. The second kappa shape index (κ2) is 5.26. The molecule has 0 aliphatic heterocycles. The van der Waals surface area contributed by atoms with Crippen molar-refractivity contribution >= 4 is 60.7 Å². The molecule has 2 aromatic heterocycles. The maximum Gasteiger partial charge on any atom is 0.224 e. The number of thiophene rings is 1. The summed E-state index contributed by atoms with van der Waals surface area (Å²) in [4.78, 5) is 7.85.